The first-order valence-electron chi connectivity index (χ1n) is 22.9. The molecule has 0 aromatic heterocycles. The minimum Gasteiger partial charge on any atom is -0.756 e. The average molecular weight is 1810 g/mol. The number of phosphoric ester groups is 1. The molecule has 0 saturated heterocycles. The van der Waals surface area contributed by atoms with Crippen molar-refractivity contribution in [1.82, 2.24) is 6.15 Å². The van der Waals surface area contributed by atoms with E-state index < -0.39 is 224 Å². The highest BCUT2D eigenvalue weighted by Crippen LogP contribution is 2.74. The number of hydrogen-bond donors (Lipinski definition) is 1. The van der Waals surface area contributed by atoms with Crippen molar-refractivity contribution in [3.05, 3.63) is 0 Å². The van der Waals surface area contributed by atoms with Crippen LogP contribution in [-0.4, -0.2) is 202 Å². The standard InChI is InChI=1S/C36H9F66O4P.H3N/c1-3(5(37,38)7(41,42)9(45,46)11(49,50)13(53,54)15(57,58)17(61,62)19(65,66)21(69,70)23(73,74)25(77,78)27(81,82)29(85,86)31(89,90)33(93,94)35(97,98)99)105-107(103,104)106-4(2)6(39,40)8(43,44)10(47,48)12(51,52)14(55,56)16(59,60)18(63,64)20(67,68)22(71,72)24(75,76)26(79,80)28(83,84)30(87,88)32(91,92)34(95,96)36(100,101)102;/h3-4H,1-2H3,(H,103,104);1H3. The minimum atomic E-state index is -10.8. The van der Waals surface area contributed by atoms with Crippen LogP contribution in [0, 0.1) is 0 Å². The summed E-state index contributed by atoms with van der Waals surface area (Å²) in [4.78, 5) is 11.9. The van der Waals surface area contributed by atoms with E-state index in [4.69, 9.17) is 0 Å². The number of phosphoric acid groups is 1. The van der Waals surface area contributed by atoms with Gasteiger partial charge in [0.05, 0.1) is 0 Å². The SMILES string of the molecule is CC(OP(=O)([O-])OC(C)C(F)(F)C(F)(F)C(F)(F)C(F)(F)C(F)(F)C(F)(F)C(F)(F)C(F)(F)C(F)(F)C(F)(F)C(F)(F)C(F)(F)C(F)(F)C(F)(F)C(F)(F)C(F)(F)F)C(F)(F)C(F)(F)C(F)(F)C(F)(F)C(F)(F)C(F)(F)C(F)(F)C(F)(F)C(F)(F)C(F)(F)C(F)(F)C(F)(F)C(F)(F)C(F)(F)C(F)(F)C(F)(F)F.[NH4+]. The van der Waals surface area contributed by atoms with Crippen molar-refractivity contribution >= 4 is 7.82 Å². The molecular weight excluding hydrogens is 1800 g/mol. The van der Waals surface area contributed by atoms with Crippen LogP contribution in [0.4, 0.5) is 290 Å². The van der Waals surface area contributed by atoms with E-state index in [-0.39, 0.29) is 6.15 Å². The molecule has 0 aromatic carbocycles. The summed E-state index contributed by atoms with van der Waals surface area (Å²) in [5.41, 5.74) is 0. The van der Waals surface area contributed by atoms with E-state index in [1.807, 2.05) is 0 Å². The monoisotopic (exact) mass is 1810 g/mol. The summed E-state index contributed by atoms with van der Waals surface area (Å²) in [5.74, 6) is -307. The van der Waals surface area contributed by atoms with E-state index in [1.54, 1.807) is 0 Å². The van der Waals surface area contributed by atoms with E-state index in [0.717, 1.165) is 0 Å². The lowest BCUT2D eigenvalue weighted by molar-refractivity contribution is -0.491. The molecule has 108 heavy (non-hydrogen) atoms. The van der Waals surface area contributed by atoms with Crippen LogP contribution in [0.2, 0.25) is 0 Å². The first kappa shape index (κ1) is 105. The Labute approximate surface area is 539 Å². The van der Waals surface area contributed by atoms with E-state index >= 15 is 0 Å². The number of quaternary nitrogens is 1. The number of halogens is 66. The van der Waals surface area contributed by atoms with Gasteiger partial charge in [-0.15, -0.1) is 0 Å². The smallest absolute Gasteiger partial charge is 0.460 e. The van der Waals surface area contributed by atoms with E-state index in [1.165, 1.54) is 0 Å². The Morgan fingerprint density at radius 2 is 0.250 bits per heavy atom. The second-order valence-electron chi connectivity index (χ2n) is 20.3. The third kappa shape index (κ3) is 12.4. The molecule has 72 heteroatoms. The van der Waals surface area contributed by atoms with E-state index in [2.05, 4.69) is 9.05 Å². The van der Waals surface area contributed by atoms with Crippen LogP contribution < -0.4 is 11.0 Å². The highest BCUT2D eigenvalue weighted by Gasteiger charge is 3.05. The summed E-state index contributed by atoms with van der Waals surface area (Å²) in [6, 6.07) is 0. The van der Waals surface area contributed by atoms with Gasteiger partial charge in [0.25, 0.3) is 7.82 Å². The zero-order valence-corrected chi connectivity index (χ0v) is 48.1. The lowest BCUT2D eigenvalue weighted by Gasteiger charge is -2.47. The molecular formula is C36H12F66NO4P. The summed E-state index contributed by atoms with van der Waals surface area (Å²) in [6.45, 7) is -3.87. The largest absolute Gasteiger partial charge is 0.756 e. The maximum Gasteiger partial charge on any atom is 0.460 e. The van der Waals surface area contributed by atoms with Crippen molar-refractivity contribution < 1.29 is 308 Å². The van der Waals surface area contributed by atoms with Gasteiger partial charge in [0.1, 0.15) is 12.2 Å². The molecule has 0 fully saturated rings. The summed E-state index contributed by atoms with van der Waals surface area (Å²) >= 11 is 0. The number of hydrogen-bond acceptors (Lipinski definition) is 4. The molecule has 2 unspecified atom stereocenters. The van der Waals surface area contributed by atoms with E-state index in [0.29, 0.717) is 0 Å². The molecule has 5 nitrogen and oxygen atoms in total. The second-order valence-corrected chi connectivity index (χ2v) is 21.6. The van der Waals surface area contributed by atoms with Gasteiger partial charge in [-0.1, -0.05) is 0 Å². The highest BCUT2D eigenvalue weighted by molar-refractivity contribution is 7.45. The fourth-order valence-electron chi connectivity index (χ4n) is 6.56. The van der Waals surface area contributed by atoms with Gasteiger partial charge in [-0.3, -0.25) is 4.57 Å². The minimum absolute atomic E-state index is 0. The van der Waals surface area contributed by atoms with Gasteiger partial charge in [-0.25, -0.2) is 0 Å². The number of rotatable bonds is 34. The molecule has 0 radical (unpaired) electrons. The lowest BCUT2D eigenvalue weighted by atomic mass is 9.82. The lowest BCUT2D eigenvalue weighted by Crippen LogP contribution is -2.80. The van der Waals surface area contributed by atoms with Crippen molar-refractivity contribution in [2.45, 2.75) is 216 Å². The molecule has 0 aliphatic carbocycles. The third-order valence-corrected chi connectivity index (χ3v) is 14.5. The van der Waals surface area contributed by atoms with Crippen molar-refractivity contribution in [2.24, 2.45) is 0 Å². The van der Waals surface area contributed by atoms with Gasteiger partial charge < -0.3 is 20.1 Å². The zero-order chi connectivity index (χ0) is 89.1. The third-order valence-electron chi connectivity index (χ3n) is 13.4. The van der Waals surface area contributed by atoms with Gasteiger partial charge in [0.15, 0.2) is 0 Å². The Kier molecular flexibility index (Phi) is 25.4. The molecule has 2 atom stereocenters. The summed E-state index contributed by atoms with van der Waals surface area (Å²) in [5, 5.41) is 0. The molecule has 0 amide bonds. The van der Waals surface area contributed by atoms with Crippen LogP contribution in [0.5, 0.6) is 0 Å². The summed E-state index contributed by atoms with van der Waals surface area (Å²) in [6.07, 6.45) is -29.6. The fourth-order valence-corrected chi connectivity index (χ4v) is 7.65. The Hall–Kier alpha value is -4.55. The predicted octanol–water partition coefficient (Wildman–Crippen LogP) is 21.8. The van der Waals surface area contributed by atoms with Crippen LogP contribution in [0.25, 0.3) is 0 Å². The van der Waals surface area contributed by atoms with E-state index in [9.17, 15) is 299 Å². The van der Waals surface area contributed by atoms with Gasteiger partial charge in [-0.05, 0) is 13.8 Å². The maximum absolute atomic E-state index is 14.7. The molecule has 4 N–H and O–H groups in total. The van der Waals surface area contributed by atoms with Gasteiger partial charge in [0, 0.05) is 0 Å². The van der Waals surface area contributed by atoms with Gasteiger partial charge in [0.2, 0.25) is 0 Å². The Balaban J connectivity index is 0. The number of alkyl halides is 66. The quantitative estimate of drug-likeness (QED) is 0.0513. The first-order chi connectivity index (χ1) is 44.8. The average Bonchev–Trinajstić information content (AvgIpc) is 0.682. The molecule has 0 heterocycles. The van der Waals surface area contributed by atoms with Crippen molar-refractivity contribution in [1.29, 1.82) is 0 Å². The second kappa shape index (κ2) is 26.0. The Bertz CT molecular complexity index is 3030. The normalized spacial score (nSPS) is 18.3. The van der Waals surface area contributed by atoms with Crippen LogP contribution in [0.15, 0.2) is 0 Å². The van der Waals surface area contributed by atoms with Crippen LogP contribution in [-0.2, 0) is 13.6 Å². The van der Waals surface area contributed by atoms with Gasteiger partial charge in [-0.2, -0.15) is 290 Å². The van der Waals surface area contributed by atoms with Crippen LogP contribution in [0.3, 0.4) is 0 Å². The Morgan fingerprint density at radius 1 is 0.176 bits per heavy atom. The fraction of sp³-hybridized carbons (Fsp3) is 1.00. The van der Waals surface area contributed by atoms with Crippen LogP contribution >= 0.6 is 7.82 Å². The molecule has 0 aromatic rings. The van der Waals surface area contributed by atoms with Crippen molar-refractivity contribution in [2.75, 3.05) is 0 Å². The zero-order valence-electron chi connectivity index (χ0n) is 47.2. The molecule has 0 aliphatic heterocycles. The molecule has 0 saturated carbocycles. The maximum atomic E-state index is 14.7. The molecule has 0 rings (SSSR count). The molecule has 0 bridgehead atoms. The highest BCUT2D eigenvalue weighted by atomic mass is 31.2. The van der Waals surface area contributed by atoms with Gasteiger partial charge >= 0.3 is 190 Å². The molecule has 0 aliphatic rings. The van der Waals surface area contributed by atoms with Crippen molar-refractivity contribution in [3.8, 4) is 0 Å². The van der Waals surface area contributed by atoms with Crippen LogP contribution in [0.1, 0.15) is 13.8 Å². The predicted molar refractivity (Wildman–Crippen MR) is 195 cm³/mol. The summed E-state index contributed by atoms with van der Waals surface area (Å²) in [7, 11) is -9.11. The Morgan fingerprint density at radius 3 is 0.333 bits per heavy atom. The van der Waals surface area contributed by atoms with Crippen molar-refractivity contribution in [3.63, 3.8) is 0 Å². The molecule has 652 valence electrons. The molecule has 0 spiro atoms. The summed E-state index contributed by atoms with van der Waals surface area (Å²) < 4.78 is 934. The first-order valence-corrected chi connectivity index (χ1v) is 24.4. The topological polar surface area (TPSA) is 95.1 Å².